The van der Waals surface area contributed by atoms with E-state index in [0.717, 1.165) is 39.3 Å². The van der Waals surface area contributed by atoms with Crippen molar-refractivity contribution in [3.05, 3.63) is 95.6 Å². The van der Waals surface area contributed by atoms with Crippen LogP contribution in [-0.4, -0.2) is 20.1 Å². The normalized spacial score (nSPS) is 15.0. The molecule has 0 spiro atoms. The molecule has 3 nitrogen and oxygen atoms in total. The average Bonchev–Trinajstić information content (AvgIpc) is 2.95. The number of nitrogens with zero attached hydrogens (tertiary/aromatic N) is 1. The van der Waals surface area contributed by atoms with Crippen molar-refractivity contribution in [2.45, 2.75) is 0 Å². The smallest absolute Gasteiger partial charge is 0.259 e. The maximum atomic E-state index is 13.1. The van der Waals surface area contributed by atoms with Crippen LogP contribution in [0, 0.1) is 0 Å². The molecule has 1 aliphatic heterocycles. The number of methoxy groups -OCH3 is 1. The lowest BCUT2D eigenvalue weighted by atomic mass is 9.90. The van der Waals surface area contributed by atoms with Gasteiger partial charge in [0, 0.05) is 18.2 Å². The van der Waals surface area contributed by atoms with Crippen molar-refractivity contribution in [1.82, 2.24) is 0 Å². The molecule has 0 radical (unpaired) electrons. The predicted molar refractivity (Wildman–Crippen MR) is 105 cm³/mol. The fraction of sp³-hybridized carbons (Fsp3) is 0.0870. The van der Waals surface area contributed by atoms with Crippen molar-refractivity contribution < 1.29 is 9.53 Å². The van der Waals surface area contributed by atoms with E-state index in [0.29, 0.717) is 0 Å². The summed E-state index contributed by atoms with van der Waals surface area (Å²) in [6, 6.07) is 25.8. The van der Waals surface area contributed by atoms with Crippen LogP contribution in [-0.2, 0) is 4.79 Å². The second-order valence-electron chi connectivity index (χ2n) is 6.23. The number of hydrogen-bond acceptors (Lipinski definition) is 2. The first-order valence-electron chi connectivity index (χ1n) is 8.52. The number of carbonyl (C=O) groups is 1. The minimum Gasteiger partial charge on any atom is -0.497 e. The molecular weight excluding hydrogens is 322 g/mol. The summed E-state index contributed by atoms with van der Waals surface area (Å²) in [4.78, 5) is 14.8. The predicted octanol–water partition coefficient (Wildman–Crippen LogP) is 4.63. The van der Waals surface area contributed by atoms with Crippen LogP contribution in [0.3, 0.4) is 0 Å². The van der Waals surface area contributed by atoms with Gasteiger partial charge in [0.1, 0.15) is 5.75 Å². The molecule has 0 aliphatic carbocycles. The molecule has 0 unspecified atom stereocenters. The number of likely N-dealkylation sites (N-methyl/N-ethyl adjacent to an activating group) is 1. The van der Waals surface area contributed by atoms with Gasteiger partial charge in [0.05, 0.1) is 18.4 Å². The fourth-order valence-corrected chi connectivity index (χ4v) is 3.43. The Hall–Kier alpha value is -3.33. The molecule has 0 fully saturated rings. The minimum atomic E-state index is 0.0147. The maximum absolute atomic E-state index is 13.1. The van der Waals surface area contributed by atoms with E-state index in [2.05, 4.69) is 0 Å². The van der Waals surface area contributed by atoms with E-state index in [1.165, 1.54) is 0 Å². The molecule has 0 N–H and O–H groups in total. The monoisotopic (exact) mass is 341 g/mol. The Bertz CT molecular complexity index is 988. The molecule has 0 atom stereocenters. The molecule has 26 heavy (non-hydrogen) atoms. The third-order valence-corrected chi connectivity index (χ3v) is 4.74. The zero-order chi connectivity index (χ0) is 18.1. The van der Waals surface area contributed by atoms with Gasteiger partial charge in [-0.1, -0.05) is 60.7 Å². The van der Waals surface area contributed by atoms with Gasteiger partial charge in [-0.05, 0) is 29.3 Å². The molecule has 128 valence electrons. The highest BCUT2D eigenvalue weighted by Crippen LogP contribution is 2.42. The van der Waals surface area contributed by atoms with Crippen molar-refractivity contribution in [2.75, 3.05) is 19.1 Å². The van der Waals surface area contributed by atoms with Gasteiger partial charge in [-0.25, -0.2) is 0 Å². The van der Waals surface area contributed by atoms with E-state index >= 15 is 0 Å². The van der Waals surface area contributed by atoms with Gasteiger partial charge >= 0.3 is 0 Å². The SMILES string of the molecule is COc1ccc(/C(=C2/C(=O)N(C)c3ccccc32)c2ccccc2)cc1. The molecule has 3 aromatic carbocycles. The Labute approximate surface area is 153 Å². The van der Waals surface area contributed by atoms with Crippen molar-refractivity contribution in [2.24, 2.45) is 0 Å². The molecule has 0 saturated carbocycles. The highest BCUT2D eigenvalue weighted by atomic mass is 16.5. The van der Waals surface area contributed by atoms with Gasteiger partial charge in [0.2, 0.25) is 0 Å². The molecule has 3 heteroatoms. The average molecular weight is 341 g/mol. The zero-order valence-corrected chi connectivity index (χ0v) is 14.8. The first-order valence-corrected chi connectivity index (χ1v) is 8.52. The number of amides is 1. The molecule has 1 aliphatic rings. The van der Waals surface area contributed by atoms with Crippen LogP contribution in [0.2, 0.25) is 0 Å². The Morgan fingerprint density at radius 3 is 2.12 bits per heavy atom. The van der Waals surface area contributed by atoms with E-state index in [4.69, 9.17) is 4.74 Å². The van der Waals surface area contributed by atoms with Crippen LogP contribution in [0.4, 0.5) is 5.69 Å². The summed E-state index contributed by atoms with van der Waals surface area (Å²) in [5, 5.41) is 0. The highest BCUT2D eigenvalue weighted by Gasteiger charge is 2.32. The molecular formula is C23H19NO2. The maximum Gasteiger partial charge on any atom is 0.259 e. The summed E-state index contributed by atoms with van der Waals surface area (Å²) in [7, 11) is 3.47. The lowest BCUT2D eigenvalue weighted by Crippen LogP contribution is -2.20. The lowest BCUT2D eigenvalue weighted by Gasteiger charge is -2.13. The summed E-state index contributed by atoms with van der Waals surface area (Å²) < 4.78 is 5.28. The van der Waals surface area contributed by atoms with Crippen LogP contribution in [0.5, 0.6) is 5.75 Å². The molecule has 4 rings (SSSR count). The van der Waals surface area contributed by atoms with Gasteiger partial charge in [-0.3, -0.25) is 4.79 Å². The van der Waals surface area contributed by atoms with Crippen LogP contribution in [0.25, 0.3) is 11.1 Å². The van der Waals surface area contributed by atoms with E-state index in [9.17, 15) is 4.79 Å². The van der Waals surface area contributed by atoms with E-state index in [-0.39, 0.29) is 5.91 Å². The Morgan fingerprint density at radius 1 is 0.808 bits per heavy atom. The van der Waals surface area contributed by atoms with Gasteiger partial charge in [-0.2, -0.15) is 0 Å². The summed E-state index contributed by atoms with van der Waals surface area (Å²) >= 11 is 0. The third-order valence-electron chi connectivity index (χ3n) is 4.74. The lowest BCUT2D eigenvalue weighted by molar-refractivity contribution is -0.112. The quantitative estimate of drug-likeness (QED) is 0.650. The second-order valence-corrected chi connectivity index (χ2v) is 6.23. The van der Waals surface area contributed by atoms with Crippen molar-refractivity contribution >= 4 is 22.7 Å². The van der Waals surface area contributed by atoms with E-state index in [1.807, 2.05) is 85.9 Å². The number of anilines is 1. The zero-order valence-electron chi connectivity index (χ0n) is 14.8. The van der Waals surface area contributed by atoms with Crippen LogP contribution >= 0.6 is 0 Å². The minimum absolute atomic E-state index is 0.0147. The van der Waals surface area contributed by atoms with Gasteiger partial charge in [0.15, 0.2) is 0 Å². The number of fused-ring (bicyclic) bond motifs is 1. The number of hydrogen-bond donors (Lipinski definition) is 0. The molecule has 1 heterocycles. The molecule has 0 aromatic heterocycles. The molecule has 0 bridgehead atoms. The summed E-state index contributed by atoms with van der Waals surface area (Å²) in [5.41, 5.74) is 5.59. The second kappa shape index (κ2) is 6.52. The fourth-order valence-electron chi connectivity index (χ4n) is 3.43. The molecule has 0 saturated heterocycles. The number of para-hydroxylation sites is 1. The molecule has 1 amide bonds. The Morgan fingerprint density at radius 2 is 1.42 bits per heavy atom. The first-order chi connectivity index (χ1) is 12.7. The first kappa shape index (κ1) is 16.2. The van der Waals surface area contributed by atoms with Gasteiger partial charge in [-0.15, -0.1) is 0 Å². The van der Waals surface area contributed by atoms with Crippen LogP contribution in [0.1, 0.15) is 16.7 Å². The number of ether oxygens (including phenoxy) is 1. The Kier molecular flexibility index (Phi) is 4.05. The van der Waals surface area contributed by atoms with E-state index < -0.39 is 0 Å². The number of benzene rings is 3. The molecule has 3 aromatic rings. The largest absolute Gasteiger partial charge is 0.497 e. The Balaban J connectivity index is 2.02. The summed E-state index contributed by atoms with van der Waals surface area (Å²) in [5.74, 6) is 0.808. The van der Waals surface area contributed by atoms with E-state index in [1.54, 1.807) is 12.0 Å². The van der Waals surface area contributed by atoms with Crippen molar-refractivity contribution in [3.63, 3.8) is 0 Å². The highest BCUT2D eigenvalue weighted by molar-refractivity contribution is 6.38. The van der Waals surface area contributed by atoms with Crippen molar-refractivity contribution in [3.8, 4) is 5.75 Å². The van der Waals surface area contributed by atoms with Gasteiger partial charge < -0.3 is 9.64 Å². The summed E-state index contributed by atoms with van der Waals surface area (Å²) in [6.07, 6.45) is 0. The van der Waals surface area contributed by atoms with Crippen molar-refractivity contribution in [1.29, 1.82) is 0 Å². The number of rotatable bonds is 3. The van der Waals surface area contributed by atoms with Crippen LogP contribution < -0.4 is 9.64 Å². The summed E-state index contributed by atoms with van der Waals surface area (Å²) in [6.45, 7) is 0. The third kappa shape index (κ3) is 2.58. The number of carbonyl (C=O) groups excluding carboxylic acids is 1. The van der Waals surface area contributed by atoms with Crippen LogP contribution in [0.15, 0.2) is 78.9 Å². The topological polar surface area (TPSA) is 29.5 Å². The van der Waals surface area contributed by atoms with Gasteiger partial charge in [0.25, 0.3) is 5.91 Å². The standard InChI is InChI=1S/C23H19NO2/c1-24-20-11-7-6-10-19(20)22(23(24)25)21(16-8-4-3-5-9-16)17-12-14-18(26-2)15-13-17/h3-15H,1-2H3/b22-21+.